The molecular weight excluding hydrogens is 404 g/mol. The van der Waals surface area contributed by atoms with E-state index in [1.807, 2.05) is 6.92 Å². The number of urea groups is 1. The molecule has 0 saturated carbocycles. The molecule has 3 N–H and O–H groups in total. The summed E-state index contributed by atoms with van der Waals surface area (Å²) in [6, 6.07) is 2.42. The van der Waals surface area contributed by atoms with Gasteiger partial charge in [-0.1, -0.05) is 22.9 Å². The van der Waals surface area contributed by atoms with Crippen molar-refractivity contribution in [1.29, 1.82) is 0 Å². The molecule has 0 heterocycles. The van der Waals surface area contributed by atoms with Crippen molar-refractivity contribution in [2.24, 2.45) is 0 Å². The molecule has 112 valence electrons. The number of carboxylic acid groups (broad SMARTS) is 1. The highest BCUT2D eigenvalue weighted by molar-refractivity contribution is 9.11. The van der Waals surface area contributed by atoms with Crippen LogP contribution < -0.4 is 10.6 Å². The van der Waals surface area contributed by atoms with Crippen molar-refractivity contribution in [3.63, 3.8) is 0 Å². The first kappa shape index (κ1) is 17.5. The maximum atomic E-state index is 12.0. The van der Waals surface area contributed by atoms with Crippen LogP contribution in [0.25, 0.3) is 0 Å². The highest BCUT2D eigenvalue weighted by atomic mass is 79.9. The van der Waals surface area contributed by atoms with E-state index in [9.17, 15) is 14.7 Å². The van der Waals surface area contributed by atoms with Gasteiger partial charge in [0.1, 0.15) is 0 Å². The molecule has 0 bridgehead atoms. The molecule has 0 aliphatic rings. The van der Waals surface area contributed by atoms with Crippen molar-refractivity contribution in [2.75, 3.05) is 5.32 Å². The highest BCUT2D eigenvalue weighted by Gasteiger charge is 2.18. The maximum Gasteiger partial charge on any atom is 0.337 e. The van der Waals surface area contributed by atoms with E-state index in [1.54, 1.807) is 6.07 Å². The number of terminal acetylenes is 1. The number of hydrogen-bond acceptors (Lipinski definition) is 2. The summed E-state index contributed by atoms with van der Waals surface area (Å²) in [6.07, 6.45) is 6.33. The van der Waals surface area contributed by atoms with Crippen LogP contribution >= 0.6 is 31.9 Å². The highest BCUT2D eigenvalue weighted by Crippen LogP contribution is 2.30. The van der Waals surface area contributed by atoms with Crippen LogP contribution in [0.4, 0.5) is 10.5 Å². The number of hydrogen-bond donors (Lipinski definition) is 3. The first-order valence-electron chi connectivity index (χ1n) is 6.12. The fraction of sp³-hybridized carbons (Fsp3) is 0.286. The summed E-state index contributed by atoms with van der Waals surface area (Å²) in [5, 5.41) is 14.4. The number of aromatic carboxylic acids is 1. The predicted octanol–water partition coefficient (Wildman–Crippen LogP) is 3.83. The fourth-order valence-corrected chi connectivity index (χ4v) is 2.97. The van der Waals surface area contributed by atoms with Gasteiger partial charge in [0.25, 0.3) is 0 Å². The minimum Gasteiger partial charge on any atom is -0.478 e. The second-order valence-corrected chi connectivity index (χ2v) is 6.00. The molecule has 1 atom stereocenters. The smallest absolute Gasteiger partial charge is 0.337 e. The summed E-state index contributed by atoms with van der Waals surface area (Å²) in [4.78, 5) is 23.2. The number of anilines is 1. The van der Waals surface area contributed by atoms with Crippen LogP contribution in [0, 0.1) is 12.3 Å². The quantitative estimate of drug-likeness (QED) is 0.637. The van der Waals surface area contributed by atoms with Crippen molar-refractivity contribution in [1.82, 2.24) is 5.32 Å². The molecule has 1 unspecified atom stereocenters. The van der Waals surface area contributed by atoms with E-state index >= 15 is 0 Å². The van der Waals surface area contributed by atoms with Crippen molar-refractivity contribution in [2.45, 2.75) is 25.8 Å². The van der Waals surface area contributed by atoms with Gasteiger partial charge < -0.3 is 15.7 Å². The molecular formula is C14H14Br2N2O3. The molecule has 1 rings (SSSR count). The Morgan fingerprint density at radius 2 is 2.10 bits per heavy atom. The number of amides is 2. The Morgan fingerprint density at radius 1 is 1.43 bits per heavy atom. The SMILES string of the molecule is C#CCC(CC)NC(=O)Nc1c(Br)cc(Br)cc1C(=O)O. The maximum absolute atomic E-state index is 12.0. The fourth-order valence-electron chi connectivity index (χ4n) is 1.64. The summed E-state index contributed by atoms with van der Waals surface area (Å²) < 4.78 is 1.06. The van der Waals surface area contributed by atoms with E-state index in [2.05, 4.69) is 48.4 Å². The van der Waals surface area contributed by atoms with Gasteiger partial charge in [0, 0.05) is 21.4 Å². The minimum absolute atomic E-state index is 0.0172. The zero-order valence-electron chi connectivity index (χ0n) is 11.2. The molecule has 21 heavy (non-hydrogen) atoms. The molecule has 0 spiro atoms. The summed E-state index contributed by atoms with van der Waals surface area (Å²) in [5.74, 6) is 1.35. The van der Waals surface area contributed by atoms with Gasteiger partial charge >= 0.3 is 12.0 Å². The predicted molar refractivity (Wildman–Crippen MR) is 88.5 cm³/mol. The van der Waals surface area contributed by atoms with Gasteiger partial charge in [-0.2, -0.15) is 0 Å². The number of carbonyl (C=O) groups excluding carboxylic acids is 1. The van der Waals surface area contributed by atoms with Gasteiger partial charge in [-0.05, 0) is 34.5 Å². The number of nitrogens with one attached hydrogen (secondary N) is 2. The van der Waals surface area contributed by atoms with E-state index < -0.39 is 12.0 Å². The van der Waals surface area contributed by atoms with E-state index in [0.29, 0.717) is 21.8 Å². The van der Waals surface area contributed by atoms with Crippen LogP contribution in [0.1, 0.15) is 30.1 Å². The van der Waals surface area contributed by atoms with Crippen molar-refractivity contribution in [3.8, 4) is 12.3 Å². The Morgan fingerprint density at radius 3 is 2.62 bits per heavy atom. The molecule has 0 aliphatic heterocycles. The van der Waals surface area contributed by atoms with Crippen molar-refractivity contribution < 1.29 is 14.7 Å². The summed E-state index contributed by atoms with van der Waals surface area (Å²) in [7, 11) is 0. The molecule has 7 heteroatoms. The lowest BCUT2D eigenvalue weighted by Crippen LogP contribution is -2.37. The van der Waals surface area contributed by atoms with Crippen LogP contribution in [0.2, 0.25) is 0 Å². The third-order valence-electron chi connectivity index (χ3n) is 2.72. The monoisotopic (exact) mass is 416 g/mol. The number of rotatable bonds is 5. The first-order chi connectivity index (χ1) is 9.88. The van der Waals surface area contributed by atoms with Crippen LogP contribution in [0.3, 0.4) is 0 Å². The molecule has 0 aromatic heterocycles. The molecule has 5 nitrogen and oxygen atoms in total. The largest absolute Gasteiger partial charge is 0.478 e. The second-order valence-electron chi connectivity index (χ2n) is 4.23. The van der Waals surface area contributed by atoms with E-state index in [4.69, 9.17) is 6.42 Å². The summed E-state index contributed by atoms with van der Waals surface area (Å²) in [5.41, 5.74) is 0.176. The minimum atomic E-state index is -1.14. The van der Waals surface area contributed by atoms with Crippen LogP contribution in [-0.4, -0.2) is 23.1 Å². The second kappa shape index (κ2) is 8.05. The third kappa shape index (κ3) is 5.06. The Balaban J connectivity index is 2.95. The topological polar surface area (TPSA) is 78.4 Å². The Hall–Kier alpha value is -1.52. The zero-order chi connectivity index (χ0) is 16.0. The summed E-state index contributed by atoms with van der Waals surface area (Å²) >= 11 is 6.45. The van der Waals surface area contributed by atoms with Crippen LogP contribution in [0.15, 0.2) is 21.1 Å². The van der Waals surface area contributed by atoms with Gasteiger partial charge in [-0.15, -0.1) is 12.3 Å². The number of carbonyl (C=O) groups is 2. The zero-order valence-corrected chi connectivity index (χ0v) is 14.4. The van der Waals surface area contributed by atoms with E-state index in [0.717, 1.165) is 0 Å². The van der Waals surface area contributed by atoms with Gasteiger partial charge in [0.15, 0.2) is 0 Å². The van der Waals surface area contributed by atoms with E-state index in [-0.39, 0.29) is 17.3 Å². The first-order valence-corrected chi connectivity index (χ1v) is 7.71. The molecule has 0 fully saturated rings. The van der Waals surface area contributed by atoms with Crippen LogP contribution in [0.5, 0.6) is 0 Å². The van der Waals surface area contributed by atoms with Crippen molar-refractivity contribution >= 4 is 49.5 Å². The van der Waals surface area contributed by atoms with Crippen LogP contribution in [-0.2, 0) is 0 Å². The lowest BCUT2D eigenvalue weighted by molar-refractivity contribution is 0.0698. The number of benzene rings is 1. The average molecular weight is 418 g/mol. The number of carboxylic acids is 1. The number of halogens is 2. The third-order valence-corrected chi connectivity index (χ3v) is 3.80. The van der Waals surface area contributed by atoms with Crippen molar-refractivity contribution in [3.05, 3.63) is 26.6 Å². The molecule has 1 aromatic carbocycles. The lowest BCUT2D eigenvalue weighted by Gasteiger charge is -2.17. The van der Waals surface area contributed by atoms with Gasteiger partial charge in [0.2, 0.25) is 0 Å². The van der Waals surface area contributed by atoms with Gasteiger partial charge in [0.05, 0.1) is 11.3 Å². The Labute approximate surface area is 139 Å². The molecule has 1 aromatic rings. The van der Waals surface area contributed by atoms with E-state index in [1.165, 1.54) is 6.07 Å². The summed E-state index contributed by atoms with van der Waals surface area (Å²) in [6.45, 7) is 1.90. The normalized spacial score (nSPS) is 11.3. The average Bonchev–Trinajstić information content (AvgIpc) is 2.40. The molecule has 2 amide bonds. The van der Waals surface area contributed by atoms with Gasteiger partial charge in [-0.3, -0.25) is 0 Å². The Bertz CT molecular complexity index is 597. The lowest BCUT2D eigenvalue weighted by atomic mass is 10.1. The standard InChI is InChI=1S/C14H14Br2N2O3/c1-3-5-9(4-2)17-14(21)18-12-10(13(19)20)6-8(15)7-11(12)16/h1,6-7,9H,4-5H2,2H3,(H,19,20)(H2,17,18,21). The molecule has 0 saturated heterocycles. The van der Waals surface area contributed by atoms with Gasteiger partial charge in [-0.25, -0.2) is 9.59 Å². The molecule has 0 radical (unpaired) electrons. The Kier molecular flexibility index (Phi) is 6.72. The molecule has 0 aliphatic carbocycles.